The van der Waals surface area contributed by atoms with Gasteiger partial charge in [0.2, 0.25) is 0 Å². The van der Waals surface area contributed by atoms with E-state index >= 15 is 0 Å². The van der Waals surface area contributed by atoms with Gasteiger partial charge in [-0.1, -0.05) is 20.8 Å². The van der Waals surface area contributed by atoms with Crippen LogP contribution in [0.25, 0.3) is 0 Å². The van der Waals surface area contributed by atoms with Gasteiger partial charge in [-0.15, -0.1) is 0 Å². The van der Waals surface area contributed by atoms with E-state index in [-0.39, 0.29) is 29.5 Å². The van der Waals surface area contributed by atoms with E-state index in [0.717, 1.165) is 32.1 Å². The first-order valence-corrected chi connectivity index (χ1v) is 11.7. The fourth-order valence-electron chi connectivity index (χ4n) is 8.73. The van der Waals surface area contributed by atoms with Crippen LogP contribution in [0.1, 0.15) is 85.0 Å². The van der Waals surface area contributed by atoms with Gasteiger partial charge in [0.05, 0.1) is 12.2 Å². The lowest BCUT2D eigenvalue weighted by atomic mass is 9.43. The fourth-order valence-corrected chi connectivity index (χ4v) is 8.73. The Labute approximate surface area is 170 Å². The Morgan fingerprint density at radius 3 is 2.39 bits per heavy atom. The third kappa shape index (κ3) is 3.14. The highest BCUT2D eigenvalue weighted by Gasteiger charge is 2.62. The van der Waals surface area contributed by atoms with Gasteiger partial charge in [0.1, 0.15) is 0 Å². The highest BCUT2D eigenvalue weighted by atomic mass is 16.4. The minimum atomic E-state index is -0.684. The van der Waals surface area contributed by atoms with Crippen LogP contribution in [0.5, 0.6) is 0 Å². The van der Waals surface area contributed by atoms with Crippen molar-refractivity contribution < 1.29 is 20.1 Å². The highest BCUT2D eigenvalue weighted by Crippen LogP contribution is 2.68. The molecule has 4 aliphatic rings. The van der Waals surface area contributed by atoms with Crippen molar-refractivity contribution in [2.24, 2.45) is 46.3 Å². The molecule has 4 aliphatic carbocycles. The van der Waals surface area contributed by atoms with Crippen molar-refractivity contribution in [3.8, 4) is 0 Å². The fraction of sp³-hybridized carbons (Fsp3) is 0.958. The topological polar surface area (TPSA) is 77.8 Å². The van der Waals surface area contributed by atoms with Crippen molar-refractivity contribution in [1.82, 2.24) is 0 Å². The summed E-state index contributed by atoms with van der Waals surface area (Å²) in [6.45, 7) is 7.16. The number of hydrogen-bond acceptors (Lipinski definition) is 3. The summed E-state index contributed by atoms with van der Waals surface area (Å²) in [7, 11) is 0. The lowest BCUT2D eigenvalue weighted by Crippen LogP contribution is -2.58. The van der Waals surface area contributed by atoms with Crippen LogP contribution in [-0.2, 0) is 4.79 Å². The summed E-state index contributed by atoms with van der Waals surface area (Å²) in [5.41, 5.74) is 0.523. The van der Waals surface area contributed by atoms with E-state index in [4.69, 9.17) is 5.11 Å². The molecule has 0 aliphatic heterocycles. The molecule has 0 bridgehead atoms. The van der Waals surface area contributed by atoms with E-state index < -0.39 is 5.97 Å². The largest absolute Gasteiger partial charge is 0.481 e. The van der Waals surface area contributed by atoms with E-state index in [2.05, 4.69) is 20.8 Å². The number of hydrogen-bond donors (Lipinski definition) is 3. The lowest BCUT2D eigenvalue weighted by Gasteiger charge is -2.62. The molecule has 0 aromatic rings. The molecule has 160 valence electrons. The second-order valence-corrected chi connectivity index (χ2v) is 11.4. The SMILES string of the molecule is C[C@H](CCC(=O)O)[C@H]1CC[C@@H]2[C@@H]3[C@@H](O)C[C@H]4C[C@@H](O)CC[C@@]4(C)[C@H]3CC[C@@]21C. The molecule has 0 heterocycles. The Balaban J connectivity index is 1.55. The van der Waals surface area contributed by atoms with E-state index in [1.165, 1.54) is 25.7 Å². The van der Waals surface area contributed by atoms with Crippen molar-refractivity contribution in [2.45, 2.75) is 97.2 Å². The van der Waals surface area contributed by atoms with Crippen molar-refractivity contribution >= 4 is 5.97 Å². The van der Waals surface area contributed by atoms with Gasteiger partial charge in [-0.25, -0.2) is 0 Å². The summed E-state index contributed by atoms with van der Waals surface area (Å²) >= 11 is 0. The molecule has 0 aromatic carbocycles. The van der Waals surface area contributed by atoms with Crippen LogP contribution in [0.2, 0.25) is 0 Å². The third-order valence-corrected chi connectivity index (χ3v) is 10.2. The Morgan fingerprint density at radius 2 is 1.68 bits per heavy atom. The van der Waals surface area contributed by atoms with Crippen molar-refractivity contribution in [1.29, 1.82) is 0 Å². The molecular weight excluding hydrogens is 352 g/mol. The van der Waals surface area contributed by atoms with Gasteiger partial charge in [-0.3, -0.25) is 4.79 Å². The van der Waals surface area contributed by atoms with E-state index in [0.29, 0.717) is 35.5 Å². The molecular formula is C24H40O4. The van der Waals surface area contributed by atoms with Crippen LogP contribution in [0.15, 0.2) is 0 Å². The average molecular weight is 393 g/mol. The molecule has 28 heavy (non-hydrogen) atoms. The lowest BCUT2D eigenvalue weighted by molar-refractivity contribution is -0.174. The number of carboxylic acid groups (broad SMARTS) is 1. The molecule has 3 N–H and O–H groups in total. The van der Waals surface area contributed by atoms with Gasteiger partial charge in [0, 0.05) is 6.42 Å². The summed E-state index contributed by atoms with van der Waals surface area (Å²) in [4.78, 5) is 11.1. The summed E-state index contributed by atoms with van der Waals surface area (Å²) in [5.74, 6) is 2.36. The van der Waals surface area contributed by atoms with Crippen LogP contribution < -0.4 is 0 Å². The predicted octanol–water partition coefficient (Wildman–Crippen LogP) is 4.48. The number of fused-ring (bicyclic) bond motifs is 5. The first kappa shape index (κ1) is 20.7. The summed E-state index contributed by atoms with van der Waals surface area (Å²) in [6, 6.07) is 0. The molecule has 4 heteroatoms. The van der Waals surface area contributed by atoms with Crippen LogP contribution >= 0.6 is 0 Å². The maximum atomic E-state index is 11.2. The zero-order valence-corrected chi connectivity index (χ0v) is 17.9. The summed E-state index contributed by atoms with van der Waals surface area (Å²) in [5, 5.41) is 30.5. The van der Waals surface area contributed by atoms with Crippen LogP contribution in [0, 0.1) is 46.3 Å². The molecule has 10 atom stereocenters. The van der Waals surface area contributed by atoms with E-state index in [9.17, 15) is 15.0 Å². The minimum Gasteiger partial charge on any atom is -0.481 e. The molecule has 0 unspecified atom stereocenters. The monoisotopic (exact) mass is 392 g/mol. The van der Waals surface area contributed by atoms with Crippen LogP contribution in [-0.4, -0.2) is 33.5 Å². The zero-order chi connectivity index (χ0) is 20.3. The van der Waals surface area contributed by atoms with Gasteiger partial charge >= 0.3 is 5.97 Å². The number of rotatable bonds is 4. The van der Waals surface area contributed by atoms with Gasteiger partial charge in [0.15, 0.2) is 0 Å². The Kier molecular flexibility index (Phi) is 5.36. The maximum absolute atomic E-state index is 11.2. The van der Waals surface area contributed by atoms with Gasteiger partial charge < -0.3 is 15.3 Å². The van der Waals surface area contributed by atoms with Crippen LogP contribution in [0.3, 0.4) is 0 Å². The predicted molar refractivity (Wildman–Crippen MR) is 109 cm³/mol. The van der Waals surface area contributed by atoms with Gasteiger partial charge in [-0.05, 0) is 104 Å². The van der Waals surface area contributed by atoms with Crippen molar-refractivity contribution in [3.63, 3.8) is 0 Å². The molecule has 4 fully saturated rings. The van der Waals surface area contributed by atoms with Crippen LogP contribution in [0.4, 0.5) is 0 Å². The molecule has 0 spiro atoms. The Morgan fingerprint density at radius 1 is 1.00 bits per heavy atom. The number of aliphatic hydroxyl groups is 2. The smallest absolute Gasteiger partial charge is 0.303 e. The number of carboxylic acids is 1. The second-order valence-electron chi connectivity index (χ2n) is 11.4. The molecule has 4 nitrogen and oxygen atoms in total. The molecule has 0 aromatic heterocycles. The van der Waals surface area contributed by atoms with Gasteiger partial charge in [0.25, 0.3) is 0 Å². The maximum Gasteiger partial charge on any atom is 0.303 e. The Hall–Kier alpha value is -0.610. The normalized spacial score (nSPS) is 51.7. The molecule has 4 saturated carbocycles. The van der Waals surface area contributed by atoms with Gasteiger partial charge in [-0.2, -0.15) is 0 Å². The van der Waals surface area contributed by atoms with Crippen molar-refractivity contribution in [2.75, 3.05) is 0 Å². The number of aliphatic carboxylic acids is 1. The molecule has 0 amide bonds. The standard InChI is InChI=1S/C24H40O4/c1-14(4-7-21(27)28)17-5-6-18-22-19(9-11-24(17,18)3)23(2)10-8-16(25)12-15(23)13-20(22)26/h14-20,22,25-26H,4-13H2,1-3H3,(H,27,28)/t14-,15-,16+,17-,18-,19+,20+,22+,23-,24-/m1/s1. The summed E-state index contributed by atoms with van der Waals surface area (Å²) in [6.07, 6.45) is 9.19. The average Bonchev–Trinajstić information content (AvgIpc) is 2.98. The number of aliphatic hydroxyl groups excluding tert-OH is 2. The third-order valence-electron chi connectivity index (χ3n) is 10.2. The number of carbonyl (C=O) groups is 1. The van der Waals surface area contributed by atoms with E-state index in [1.54, 1.807) is 0 Å². The highest BCUT2D eigenvalue weighted by molar-refractivity contribution is 5.66. The molecule has 0 saturated heterocycles. The minimum absolute atomic E-state index is 0.179. The quantitative estimate of drug-likeness (QED) is 0.659. The Bertz CT molecular complexity index is 605. The first-order chi connectivity index (χ1) is 13.2. The molecule has 0 radical (unpaired) electrons. The summed E-state index contributed by atoms with van der Waals surface area (Å²) < 4.78 is 0. The van der Waals surface area contributed by atoms with Crippen molar-refractivity contribution in [3.05, 3.63) is 0 Å². The van der Waals surface area contributed by atoms with E-state index in [1.807, 2.05) is 0 Å². The molecule has 4 rings (SSSR count). The second kappa shape index (κ2) is 7.27. The zero-order valence-electron chi connectivity index (χ0n) is 17.9. The first-order valence-electron chi connectivity index (χ1n) is 11.7.